The molecule has 0 saturated heterocycles. The predicted octanol–water partition coefficient (Wildman–Crippen LogP) is 3.08. The van der Waals surface area contributed by atoms with Crippen LogP contribution in [0.5, 0.6) is 0 Å². The van der Waals surface area contributed by atoms with Gasteiger partial charge >= 0.3 is 5.97 Å². The smallest absolute Gasteiger partial charge is 0.335 e. The lowest BCUT2D eigenvalue weighted by molar-refractivity contribution is -0.174. The highest BCUT2D eigenvalue weighted by molar-refractivity contribution is 5.76. The normalized spacial score (nSPS) is 30.1. The molecule has 0 spiro atoms. The quantitative estimate of drug-likeness (QED) is 0.807. The Kier molecular flexibility index (Phi) is 3.68. The van der Waals surface area contributed by atoms with Gasteiger partial charge in [-0.1, -0.05) is 20.8 Å². The average Bonchev–Trinajstić information content (AvgIpc) is 1.97. The summed E-state index contributed by atoms with van der Waals surface area (Å²) in [7, 11) is 0. The number of carboxylic acids is 1. The molecule has 3 nitrogen and oxygen atoms in total. The summed E-state index contributed by atoms with van der Waals surface area (Å²) >= 11 is 0. The SMILES string of the molecule is CC1CC(OC(C)(C)C(=O)O)CC(C)(C)C1. The molecule has 0 amide bonds. The Bertz CT molecular complexity index is 268. The molecule has 0 aromatic rings. The van der Waals surface area contributed by atoms with Crippen LogP contribution in [0.15, 0.2) is 0 Å². The van der Waals surface area contributed by atoms with Crippen LogP contribution in [-0.2, 0) is 9.53 Å². The molecule has 1 N–H and O–H groups in total. The highest BCUT2D eigenvalue weighted by Crippen LogP contribution is 2.40. The number of hydrogen-bond acceptors (Lipinski definition) is 2. The maximum Gasteiger partial charge on any atom is 0.335 e. The van der Waals surface area contributed by atoms with Crippen molar-refractivity contribution >= 4 is 5.97 Å². The van der Waals surface area contributed by atoms with Crippen LogP contribution in [0.3, 0.4) is 0 Å². The van der Waals surface area contributed by atoms with Crippen molar-refractivity contribution < 1.29 is 14.6 Å². The largest absolute Gasteiger partial charge is 0.479 e. The second-order valence-electron chi connectivity index (χ2n) is 6.47. The zero-order chi connectivity index (χ0) is 12.6. The molecule has 0 bridgehead atoms. The summed E-state index contributed by atoms with van der Waals surface area (Å²) in [6.07, 6.45) is 3.19. The summed E-state index contributed by atoms with van der Waals surface area (Å²) in [6, 6.07) is 0. The van der Waals surface area contributed by atoms with E-state index < -0.39 is 11.6 Å². The van der Waals surface area contributed by atoms with Gasteiger partial charge < -0.3 is 9.84 Å². The molecule has 0 radical (unpaired) electrons. The minimum atomic E-state index is -1.07. The summed E-state index contributed by atoms with van der Waals surface area (Å²) in [5.74, 6) is -0.276. The molecule has 3 heteroatoms. The van der Waals surface area contributed by atoms with Gasteiger partial charge in [0.1, 0.15) is 0 Å². The van der Waals surface area contributed by atoms with Crippen LogP contribution in [-0.4, -0.2) is 22.8 Å². The fourth-order valence-electron chi connectivity index (χ4n) is 2.82. The van der Waals surface area contributed by atoms with E-state index in [1.807, 2.05) is 0 Å². The van der Waals surface area contributed by atoms with E-state index in [4.69, 9.17) is 9.84 Å². The van der Waals surface area contributed by atoms with Gasteiger partial charge in [0.15, 0.2) is 5.60 Å². The average molecular weight is 228 g/mol. The monoisotopic (exact) mass is 228 g/mol. The zero-order valence-electron chi connectivity index (χ0n) is 11.0. The lowest BCUT2D eigenvalue weighted by Gasteiger charge is -2.41. The van der Waals surface area contributed by atoms with Crippen LogP contribution in [0.25, 0.3) is 0 Å². The number of carbonyl (C=O) groups is 1. The number of ether oxygens (including phenoxy) is 1. The summed E-state index contributed by atoms with van der Waals surface area (Å²) in [4.78, 5) is 11.0. The fraction of sp³-hybridized carbons (Fsp3) is 0.923. The minimum absolute atomic E-state index is 0.0739. The standard InChI is InChI=1S/C13H24O3/c1-9-6-10(8-12(2,3)7-9)16-13(4,5)11(14)15/h9-10H,6-8H2,1-5H3,(H,14,15). The lowest BCUT2D eigenvalue weighted by atomic mass is 9.71. The summed E-state index contributed by atoms with van der Waals surface area (Å²) in [6.45, 7) is 9.92. The highest BCUT2D eigenvalue weighted by Gasteiger charge is 2.38. The van der Waals surface area contributed by atoms with E-state index in [0.29, 0.717) is 5.92 Å². The lowest BCUT2D eigenvalue weighted by Crippen LogP contribution is -2.42. The molecule has 0 heterocycles. The van der Waals surface area contributed by atoms with Crippen LogP contribution >= 0.6 is 0 Å². The Labute approximate surface area is 98.2 Å². The Morgan fingerprint density at radius 2 is 1.94 bits per heavy atom. The molecule has 0 aromatic heterocycles. The first-order chi connectivity index (χ1) is 7.12. The second-order valence-corrected chi connectivity index (χ2v) is 6.47. The van der Waals surface area contributed by atoms with Crippen LogP contribution in [0.2, 0.25) is 0 Å². The summed E-state index contributed by atoms with van der Waals surface area (Å²) < 4.78 is 5.75. The third-order valence-electron chi connectivity index (χ3n) is 3.32. The number of hydrogen-bond donors (Lipinski definition) is 1. The van der Waals surface area contributed by atoms with Gasteiger partial charge in [-0.3, -0.25) is 0 Å². The van der Waals surface area contributed by atoms with Crippen LogP contribution in [0, 0.1) is 11.3 Å². The fourth-order valence-corrected chi connectivity index (χ4v) is 2.82. The predicted molar refractivity (Wildman–Crippen MR) is 63.4 cm³/mol. The van der Waals surface area contributed by atoms with E-state index in [2.05, 4.69) is 20.8 Å². The number of rotatable bonds is 3. The molecule has 1 aliphatic carbocycles. The molecule has 0 aromatic carbocycles. The Morgan fingerprint density at radius 3 is 2.38 bits per heavy atom. The van der Waals surface area contributed by atoms with Crippen molar-refractivity contribution in [2.24, 2.45) is 11.3 Å². The molecular formula is C13H24O3. The van der Waals surface area contributed by atoms with Crippen molar-refractivity contribution in [2.45, 2.75) is 65.6 Å². The molecule has 16 heavy (non-hydrogen) atoms. The van der Waals surface area contributed by atoms with Crippen molar-refractivity contribution in [3.63, 3.8) is 0 Å². The van der Waals surface area contributed by atoms with Crippen LogP contribution < -0.4 is 0 Å². The Morgan fingerprint density at radius 1 is 1.38 bits per heavy atom. The van der Waals surface area contributed by atoms with Crippen molar-refractivity contribution in [1.29, 1.82) is 0 Å². The highest BCUT2D eigenvalue weighted by atomic mass is 16.5. The molecule has 0 aliphatic heterocycles. The molecule has 2 atom stereocenters. The van der Waals surface area contributed by atoms with Gasteiger partial charge in [-0.2, -0.15) is 0 Å². The Balaban J connectivity index is 2.64. The summed E-state index contributed by atoms with van der Waals surface area (Å²) in [5, 5.41) is 9.04. The first-order valence-electron chi connectivity index (χ1n) is 6.04. The van der Waals surface area contributed by atoms with Crippen LogP contribution in [0.4, 0.5) is 0 Å². The van der Waals surface area contributed by atoms with E-state index in [0.717, 1.165) is 12.8 Å². The van der Waals surface area contributed by atoms with Crippen LogP contribution in [0.1, 0.15) is 53.9 Å². The molecule has 1 saturated carbocycles. The molecule has 1 rings (SSSR count). The van der Waals surface area contributed by atoms with Crippen molar-refractivity contribution in [2.75, 3.05) is 0 Å². The minimum Gasteiger partial charge on any atom is -0.479 e. The van der Waals surface area contributed by atoms with Gasteiger partial charge in [0, 0.05) is 0 Å². The molecule has 2 unspecified atom stereocenters. The third-order valence-corrected chi connectivity index (χ3v) is 3.32. The summed E-state index contributed by atoms with van der Waals surface area (Å²) in [5.41, 5.74) is -0.811. The number of aliphatic carboxylic acids is 1. The maximum atomic E-state index is 11.0. The zero-order valence-corrected chi connectivity index (χ0v) is 11.0. The van der Waals surface area contributed by atoms with Gasteiger partial charge in [-0.15, -0.1) is 0 Å². The maximum absolute atomic E-state index is 11.0. The van der Waals surface area contributed by atoms with Gasteiger partial charge in [0.2, 0.25) is 0 Å². The van der Waals surface area contributed by atoms with E-state index >= 15 is 0 Å². The van der Waals surface area contributed by atoms with E-state index in [-0.39, 0.29) is 11.5 Å². The number of carboxylic acid groups (broad SMARTS) is 1. The van der Waals surface area contributed by atoms with Gasteiger partial charge in [-0.05, 0) is 44.4 Å². The topological polar surface area (TPSA) is 46.5 Å². The molecule has 1 fully saturated rings. The van der Waals surface area contributed by atoms with E-state index in [9.17, 15) is 4.79 Å². The molecular weight excluding hydrogens is 204 g/mol. The van der Waals surface area contributed by atoms with Crippen molar-refractivity contribution in [3.05, 3.63) is 0 Å². The van der Waals surface area contributed by atoms with E-state index in [1.54, 1.807) is 13.8 Å². The molecule has 94 valence electrons. The van der Waals surface area contributed by atoms with Crippen molar-refractivity contribution in [3.8, 4) is 0 Å². The first kappa shape index (κ1) is 13.5. The first-order valence-corrected chi connectivity index (χ1v) is 6.04. The second kappa shape index (κ2) is 4.36. The Hall–Kier alpha value is -0.570. The molecule has 1 aliphatic rings. The van der Waals surface area contributed by atoms with E-state index in [1.165, 1.54) is 6.42 Å². The van der Waals surface area contributed by atoms with Gasteiger partial charge in [0.25, 0.3) is 0 Å². The van der Waals surface area contributed by atoms with Crippen molar-refractivity contribution in [1.82, 2.24) is 0 Å². The van der Waals surface area contributed by atoms with Gasteiger partial charge in [-0.25, -0.2) is 4.79 Å². The third kappa shape index (κ3) is 3.48. The van der Waals surface area contributed by atoms with Gasteiger partial charge in [0.05, 0.1) is 6.10 Å².